The number of esters is 1. The van der Waals surface area contributed by atoms with Gasteiger partial charge in [0, 0.05) is 37.8 Å². The maximum Gasteiger partial charge on any atom is 0.348 e. The quantitative estimate of drug-likeness (QED) is 0.700. The predicted molar refractivity (Wildman–Crippen MR) is 99.2 cm³/mol. The minimum absolute atomic E-state index is 0.0469. The number of benzene rings is 1. The summed E-state index contributed by atoms with van der Waals surface area (Å²) in [5.74, 6) is -2.35. The molecule has 2 aliphatic heterocycles. The zero-order valence-electron chi connectivity index (χ0n) is 16.0. The molecule has 1 N–H and O–H groups in total. The Balaban J connectivity index is 1.55. The number of morpholine rings is 1. The van der Waals surface area contributed by atoms with Crippen LogP contribution in [0.5, 0.6) is 0 Å². The fourth-order valence-corrected chi connectivity index (χ4v) is 3.78. The Kier molecular flexibility index (Phi) is 4.99. The van der Waals surface area contributed by atoms with Crippen molar-refractivity contribution in [2.75, 3.05) is 24.6 Å². The van der Waals surface area contributed by atoms with Gasteiger partial charge in [-0.3, -0.25) is 14.4 Å². The number of carboxylic acid groups (broad SMARTS) is 1. The average molecular weight is 402 g/mol. The van der Waals surface area contributed by atoms with Gasteiger partial charge >= 0.3 is 11.9 Å². The highest BCUT2D eigenvalue weighted by molar-refractivity contribution is 6.03. The van der Waals surface area contributed by atoms with Gasteiger partial charge in [0.05, 0.1) is 6.61 Å². The van der Waals surface area contributed by atoms with Gasteiger partial charge in [-0.2, -0.15) is 0 Å². The number of carboxylic acids is 1. The van der Waals surface area contributed by atoms with E-state index in [4.69, 9.17) is 9.47 Å². The van der Waals surface area contributed by atoms with Crippen molar-refractivity contribution in [3.05, 3.63) is 29.3 Å². The molecule has 3 aliphatic rings. The Morgan fingerprint density at radius 2 is 2.07 bits per heavy atom. The van der Waals surface area contributed by atoms with E-state index in [1.807, 2.05) is 11.0 Å². The van der Waals surface area contributed by atoms with Crippen molar-refractivity contribution < 1.29 is 33.8 Å². The first-order valence-electron chi connectivity index (χ1n) is 9.60. The van der Waals surface area contributed by atoms with Crippen LogP contribution in [0, 0.1) is 5.92 Å². The largest absolute Gasteiger partial charge is 0.478 e. The fraction of sp³-hybridized carbons (Fsp3) is 0.500. The summed E-state index contributed by atoms with van der Waals surface area (Å²) in [4.78, 5) is 51.5. The number of hydrogen-bond donors (Lipinski definition) is 1. The lowest BCUT2D eigenvalue weighted by molar-refractivity contribution is -0.177. The molecule has 0 spiro atoms. The molecular formula is C20H22N2O7. The minimum Gasteiger partial charge on any atom is -0.478 e. The van der Waals surface area contributed by atoms with Gasteiger partial charge in [-0.05, 0) is 36.5 Å². The number of rotatable bonds is 6. The van der Waals surface area contributed by atoms with Crippen molar-refractivity contribution in [1.82, 2.24) is 4.90 Å². The Hall–Kier alpha value is -2.94. The van der Waals surface area contributed by atoms with Gasteiger partial charge in [-0.1, -0.05) is 6.07 Å². The molecule has 2 heterocycles. The topological polar surface area (TPSA) is 113 Å². The summed E-state index contributed by atoms with van der Waals surface area (Å²) in [6, 6.07) is 5.25. The summed E-state index contributed by atoms with van der Waals surface area (Å²) >= 11 is 0. The molecule has 2 amide bonds. The van der Waals surface area contributed by atoms with Crippen LogP contribution < -0.4 is 4.90 Å². The third-order valence-corrected chi connectivity index (χ3v) is 5.39. The second kappa shape index (κ2) is 7.47. The number of nitrogens with zero attached hydrogens (tertiary/aromatic N) is 2. The molecule has 4 rings (SSSR count). The van der Waals surface area contributed by atoms with Gasteiger partial charge in [-0.15, -0.1) is 0 Å². The summed E-state index contributed by atoms with van der Waals surface area (Å²) in [6.45, 7) is 2.68. The van der Waals surface area contributed by atoms with Gasteiger partial charge in [-0.25, -0.2) is 4.79 Å². The Labute approximate surface area is 167 Å². The van der Waals surface area contributed by atoms with Crippen LogP contribution in [-0.4, -0.2) is 65.7 Å². The monoisotopic (exact) mass is 402 g/mol. The average Bonchev–Trinajstić information content (AvgIpc) is 3.44. The van der Waals surface area contributed by atoms with Crippen molar-refractivity contribution in [3.8, 4) is 0 Å². The van der Waals surface area contributed by atoms with Gasteiger partial charge in [0.1, 0.15) is 0 Å². The van der Waals surface area contributed by atoms with Crippen LogP contribution in [0.1, 0.15) is 35.7 Å². The minimum atomic E-state index is -1.73. The van der Waals surface area contributed by atoms with Crippen molar-refractivity contribution in [2.45, 2.75) is 38.5 Å². The van der Waals surface area contributed by atoms with E-state index in [0.717, 1.165) is 31.9 Å². The molecule has 1 aromatic carbocycles. The fourth-order valence-electron chi connectivity index (χ4n) is 3.78. The highest BCUT2D eigenvalue weighted by Crippen LogP contribution is 2.34. The third-order valence-electron chi connectivity index (χ3n) is 5.39. The van der Waals surface area contributed by atoms with Crippen LogP contribution in [0.4, 0.5) is 5.69 Å². The molecule has 0 bridgehead atoms. The van der Waals surface area contributed by atoms with Crippen molar-refractivity contribution in [1.29, 1.82) is 0 Å². The second-order valence-electron chi connectivity index (χ2n) is 7.62. The number of anilines is 1. The molecule has 1 saturated heterocycles. The van der Waals surface area contributed by atoms with Crippen molar-refractivity contribution in [2.24, 2.45) is 5.92 Å². The Morgan fingerprint density at radius 3 is 2.72 bits per heavy atom. The van der Waals surface area contributed by atoms with Gasteiger partial charge < -0.3 is 24.4 Å². The zero-order valence-corrected chi connectivity index (χ0v) is 16.0. The molecular weight excluding hydrogens is 380 g/mol. The van der Waals surface area contributed by atoms with E-state index in [2.05, 4.69) is 0 Å². The van der Waals surface area contributed by atoms with Crippen LogP contribution in [0.25, 0.3) is 0 Å². The number of carbonyl (C=O) groups excluding carboxylic acids is 3. The van der Waals surface area contributed by atoms with Gasteiger partial charge in [0.25, 0.3) is 11.8 Å². The van der Waals surface area contributed by atoms with Gasteiger partial charge in [0.15, 0.2) is 6.10 Å². The lowest BCUT2D eigenvalue weighted by atomic mass is 10.1. The standard InChI is InChI=1S/C20H22N2O7/c1-11(23)29-17(20(26)27)16-19(25)22(6-7-28-16)14-5-4-13-10-21(9-12-2-3-12)18(24)15(13)8-14/h4-5,8,12,16-17H,2-3,6-7,9-10H2,1H3,(H,26,27). The highest BCUT2D eigenvalue weighted by Gasteiger charge is 2.43. The Bertz CT molecular complexity index is 880. The third kappa shape index (κ3) is 3.82. The maximum atomic E-state index is 12.9. The lowest BCUT2D eigenvalue weighted by Gasteiger charge is -2.34. The molecule has 1 aromatic rings. The van der Waals surface area contributed by atoms with Crippen LogP contribution in [0.2, 0.25) is 0 Å². The van der Waals surface area contributed by atoms with E-state index in [0.29, 0.717) is 23.7 Å². The first kappa shape index (κ1) is 19.4. The predicted octanol–water partition coefficient (Wildman–Crippen LogP) is 0.800. The molecule has 154 valence electrons. The molecule has 0 aromatic heterocycles. The molecule has 0 radical (unpaired) electrons. The number of hydrogen-bond acceptors (Lipinski definition) is 6. The molecule has 9 nitrogen and oxygen atoms in total. The highest BCUT2D eigenvalue weighted by atomic mass is 16.6. The summed E-state index contributed by atoms with van der Waals surface area (Å²) in [7, 11) is 0. The SMILES string of the molecule is CC(=O)OC(C(=O)O)C1OCCN(c2ccc3c(c2)C(=O)N(CC2CC2)C3)C1=O. The molecule has 2 unspecified atom stereocenters. The summed E-state index contributed by atoms with van der Waals surface area (Å²) < 4.78 is 10.1. The van der Waals surface area contributed by atoms with E-state index >= 15 is 0 Å². The number of amides is 2. The molecule has 2 fully saturated rings. The number of aliphatic carboxylic acids is 1. The van der Waals surface area contributed by atoms with Crippen LogP contribution in [-0.2, 0) is 30.4 Å². The Morgan fingerprint density at radius 1 is 1.31 bits per heavy atom. The normalized spacial score (nSPS) is 22.4. The zero-order chi connectivity index (χ0) is 20.7. The van der Waals surface area contributed by atoms with Crippen molar-refractivity contribution in [3.63, 3.8) is 0 Å². The number of fused-ring (bicyclic) bond motifs is 1. The maximum absolute atomic E-state index is 12.9. The van der Waals surface area contributed by atoms with Crippen LogP contribution >= 0.6 is 0 Å². The summed E-state index contributed by atoms with van der Waals surface area (Å²) in [5, 5.41) is 9.34. The first-order valence-corrected chi connectivity index (χ1v) is 9.60. The van der Waals surface area contributed by atoms with Crippen LogP contribution in [0.15, 0.2) is 18.2 Å². The second-order valence-corrected chi connectivity index (χ2v) is 7.62. The van der Waals surface area contributed by atoms with E-state index < -0.39 is 30.1 Å². The molecule has 29 heavy (non-hydrogen) atoms. The van der Waals surface area contributed by atoms with E-state index in [-0.39, 0.29) is 19.1 Å². The lowest BCUT2D eigenvalue weighted by Crippen LogP contribution is -2.55. The number of ether oxygens (including phenoxy) is 2. The van der Waals surface area contributed by atoms with Gasteiger partial charge in [0.2, 0.25) is 6.10 Å². The summed E-state index contributed by atoms with van der Waals surface area (Å²) in [5.41, 5.74) is 1.98. The molecule has 9 heteroatoms. The molecule has 1 aliphatic carbocycles. The van der Waals surface area contributed by atoms with Crippen molar-refractivity contribution >= 4 is 29.4 Å². The van der Waals surface area contributed by atoms with Crippen LogP contribution in [0.3, 0.4) is 0 Å². The summed E-state index contributed by atoms with van der Waals surface area (Å²) in [6.07, 6.45) is -0.863. The van der Waals surface area contributed by atoms with E-state index in [1.165, 1.54) is 4.90 Å². The number of carbonyl (C=O) groups is 4. The first-order chi connectivity index (χ1) is 13.8. The molecule has 2 atom stereocenters. The van der Waals surface area contributed by atoms with E-state index in [1.54, 1.807) is 12.1 Å². The smallest absolute Gasteiger partial charge is 0.348 e. The molecule has 1 saturated carbocycles. The van der Waals surface area contributed by atoms with E-state index in [9.17, 15) is 24.3 Å².